The minimum atomic E-state index is 0. The highest BCUT2D eigenvalue weighted by molar-refractivity contribution is 14.0. The van der Waals surface area contributed by atoms with Gasteiger partial charge >= 0.3 is 0 Å². The minimum Gasteiger partial charge on any atom is -0.497 e. The Morgan fingerprint density at radius 2 is 2.10 bits per heavy atom. The number of nitrogens with one attached hydrogen (secondary N) is 2. The Morgan fingerprint density at radius 3 is 2.76 bits per heavy atom. The van der Waals surface area contributed by atoms with Crippen molar-refractivity contribution in [2.45, 2.75) is 13.1 Å². The van der Waals surface area contributed by atoms with Crippen LogP contribution in [-0.4, -0.2) is 54.4 Å². The largest absolute Gasteiger partial charge is 0.497 e. The predicted molar refractivity (Wildman–Crippen MR) is 121 cm³/mol. The Hall–Kier alpha value is -2.76. The fraction of sp³-hybridized carbons (Fsp3) is 0.316. The van der Waals surface area contributed by atoms with Crippen LogP contribution in [-0.2, 0) is 13.1 Å². The molecule has 2 aromatic heterocycles. The van der Waals surface area contributed by atoms with E-state index in [-0.39, 0.29) is 24.0 Å². The van der Waals surface area contributed by atoms with Gasteiger partial charge in [0.1, 0.15) is 17.3 Å². The van der Waals surface area contributed by atoms with Crippen LogP contribution < -0.4 is 14.8 Å². The van der Waals surface area contributed by atoms with Gasteiger partial charge in [0, 0.05) is 32.3 Å². The summed E-state index contributed by atoms with van der Waals surface area (Å²) in [4.78, 5) is 10.7. The zero-order valence-electron chi connectivity index (χ0n) is 16.8. The molecule has 0 amide bonds. The maximum absolute atomic E-state index is 5.47. The first kappa shape index (κ1) is 22.5. The number of furan rings is 1. The van der Waals surface area contributed by atoms with Crippen LogP contribution >= 0.6 is 24.0 Å². The SMILES string of the molecule is CN=C(NCc1nc(-c2ccco2)n[nH]1)N(C)Cc1ccc(OC)cc1OC.I. The summed E-state index contributed by atoms with van der Waals surface area (Å²) in [5.74, 6) is 4.06. The second-order valence-electron chi connectivity index (χ2n) is 6.02. The molecule has 9 nitrogen and oxygen atoms in total. The van der Waals surface area contributed by atoms with Crippen molar-refractivity contribution in [1.29, 1.82) is 0 Å². The van der Waals surface area contributed by atoms with Crippen molar-refractivity contribution in [2.75, 3.05) is 28.3 Å². The van der Waals surface area contributed by atoms with Crippen molar-refractivity contribution in [3.05, 3.63) is 48.0 Å². The summed E-state index contributed by atoms with van der Waals surface area (Å²) < 4.78 is 16.0. The number of hydrogen-bond donors (Lipinski definition) is 2. The molecule has 2 heterocycles. The summed E-state index contributed by atoms with van der Waals surface area (Å²) in [5.41, 5.74) is 1.02. The molecule has 0 saturated heterocycles. The van der Waals surface area contributed by atoms with Crippen molar-refractivity contribution in [2.24, 2.45) is 4.99 Å². The normalized spacial score (nSPS) is 11.0. The second-order valence-corrected chi connectivity index (χ2v) is 6.02. The van der Waals surface area contributed by atoms with E-state index in [1.165, 1.54) is 0 Å². The zero-order valence-corrected chi connectivity index (χ0v) is 19.1. The van der Waals surface area contributed by atoms with Crippen molar-refractivity contribution in [1.82, 2.24) is 25.4 Å². The maximum Gasteiger partial charge on any atom is 0.216 e. The van der Waals surface area contributed by atoms with Crippen molar-refractivity contribution < 1.29 is 13.9 Å². The molecule has 0 fully saturated rings. The molecule has 156 valence electrons. The van der Waals surface area contributed by atoms with Crippen LogP contribution in [0.5, 0.6) is 11.5 Å². The number of benzene rings is 1. The van der Waals surface area contributed by atoms with Crippen molar-refractivity contribution >= 4 is 29.9 Å². The number of aromatic amines is 1. The van der Waals surface area contributed by atoms with Gasteiger partial charge in [-0.3, -0.25) is 10.1 Å². The average Bonchev–Trinajstić information content (AvgIpc) is 3.40. The number of aromatic nitrogens is 3. The number of H-pyrrole nitrogens is 1. The van der Waals surface area contributed by atoms with E-state index >= 15 is 0 Å². The van der Waals surface area contributed by atoms with Gasteiger partial charge in [-0.1, -0.05) is 0 Å². The first-order valence-corrected chi connectivity index (χ1v) is 8.72. The van der Waals surface area contributed by atoms with E-state index in [1.54, 1.807) is 33.6 Å². The molecule has 0 bridgehead atoms. The number of rotatable bonds is 7. The summed E-state index contributed by atoms with van der Waals surface area (Å²) in [6, 6.07) is 9.37. The van der Waals surface area contributed by atoms with Gasteiger partial charge in [-0.2, -0.15) is 0 Å². The van der Waals surface area contributed by atoms with E-state index in [2.05, 4.69) is 25.5 Å². The van der Waals surface area contributed by atoms with Gasteiger partial charge in [-0.05, 0) is 24.3 Å². The topological polar surface area (TPSA) is 101 Å². The van der Waals surface area contributed by atoms with Crippen LogP contribution in [0.4, 0.5) is 0 Å². The lowest BCUT2D eigenvalue weighted by Crippen LogP contribution is -2.38. The molecule has 3 aromatic rings. The Labute approximate surface area is 186 Å². The summed E-state index contributed by atoms with van der Waals surface area (Å²) in [6.45, 7) is 1.06. The highest BCUT2D eigenvalue weighted by atomic mass is 127. The summed E-state index contributed by atoms with van der Waals surface area (Å²) in [6.07, 6.45) is 1.59. The Morgan fingerprint density at radius 1 is 1.28 bits per heavy atom. The van der Waals surface area contributed by atoms with Crippen LogP contribution in [0.3, 0.4) is 0 Å². The number of aliphatic imine (C=N–C) groups is 1. The van der Waals surface area contributed by atoms with Crippen molar-refractivity contribution in [3.8, 4) is 23.1 Å². The summed E-state index contributed by atoms with van der Waals surface area (Å²) in [5, 5.41) is 10.3. The monoisotopic (exact) mass is 512 g/mol. The van der Waals surface area contributed by atoms with Gasteiger partial charge in [0.2, 0.25) is 5.82 Å². The highest BCUT2D eigenvalue weighted by Crippen LogP contribution is 2.25. The predicted octanol–water partition coefficient (Wildman–Crippen LogP) is 2.91. The molecule has 0 aliphatic carbocycles. The first-order valence-electron chi connectivity index (χ1n) is 8.72. The summed E-state index contributed by atoms with van der Waals surface area (Å²) in [7, 11) is 6.96. The molecule has 0 aliphatic rings. The van der Waals surface area contributed by atoms with E-state index in [9.17, 15) is 0 Å². The maximum atomic E-state index is 5.47. The molecule has 10 heteroatoms. The third kappa shape index (κ3) is 5.62. The molecule has 3 rings (SSSR count). The number of nitrogens with zero attached hydrogens (tertiary/aromatic N) is 4. The number of hydrogen-bond acceptors (Lipinski definition) is 6. The molecule has 0 aliphatic heterocycles. The quantitative estimate of drug-likeness (QED) is 0.285. The highest BCUT2D eigenvalue weighted by Gasteiger charge is 2.13. The third-order valence-corrected chi connectivity index (χ3v) is 4.16. The van der Waals surface area contributed by atoms with Gasteiger partial charge < -0.3 is 24.1 Å². The molecule has 0 spiro atoms. The van der Waals surface area contributed by atoms with Gasteiger partial charge in [0.15, 0.2) is 11.7 Å². The first-order chi connectivity index (χ1) is 13.6. The fourth-order valence-electron chi connectivity index (χ4n) is 2.75. The number of methoxy groups -OCH3 is 2. The number of guanidine groups is 1. The standard InChI is InChI=1S/C19H24N6O3.HI/c1-20-19(21-11-17-22-18(24-23-17)15-6-5-9-28-15)25(2)12-13-7-8-14(26-3)10-16(13)27-4;/h5-10H,11-12H2,1-4H3,(H,20,21)(H,22,23,24);1H. The van der Waals surface area contributed by atoms with Gasteiger partial charge in [-0.25, -0.2) is 4.98 Å². The van der Waals surface area contributed by atoms with E-state index < -0.39 is 0 Å². The molecule has 0 saturated carbocycles. The Balaban J connectivity index is 0.00000300. The lowest BCUT2D eigenvalue weighted by molar-refractivity contribution is 0.382. The van der Waals surface area contributed by atoms with E-state index in [0.29, 0.717) is 36.5 Å². The number of halogens is 1. The van der Waals surface area contributed by atoms with Crippen LogP contribution in [0.1, 0.15) is 11.4 Å². The van der Waals surface area contributed by atoms with Crippen LogP contribution in [0.25, 0.3) is 11.6 Å². The Kier molecular flexibility index (Phi) is 8.31. The zero-order chi connectivity index (χ0) is 19.9. The lowest BCUT2D eigenvalue weighted by Gasteiger charge is -2.23. The average molecular weight is 512 g/mol. The van der Waals surface area contributed by atoms with Gasteiger partial charge in [0.25, 0.3) is 0 Å². The third-order valence-electron chi connectivity index (χ3n) is 4.16. The summed E-state index contributed by atoms with van der Waals surface area (Å²) >= 11 is 0. The second kappa shape index (κ2) is 10.7. The molecule has 0 unspecified atom stereocenters. The van der Waals surface area contributed by atoms with E-state index in [1.807, 2.05) is 36.2 Å². The molecule has 0 atom stereocenters. The molecular weight excluding hydrogens is 487 g/mol. The van der Waals surface area contributed by atoms with E-state index in [4.69, 9.17) is 13.9 Å². The molecule has 2 N–H and O–H groups in total. The van der Waals surface area contributed by atoms with Gasteiger partial charge in [0.05, 0.1) is 27.0 Å². The van der Waals surface area contributed by atoms with Crippen LogP contribution in [0, 0.1) is 0 Å². The molecule has 0 radical (unpaired) electrons. The van der Waals surface area contributed by atoms with Gasteiger partial charge in [-0.15, -0.1) is 29.1 Å². The van der Waals surface area contributed by atoms with Crippen LogP contribution in [0.2, 0.25) is 0 Å². The smallest absolute Gasteiger partial charge is 0.216 e. The van der Waals surface area contributed by atoms with Crippen molar-refractivity contribution in [3.63, 3.8) is 0 Å². The lowest BCUT2D eigenvalue weighted by atomic mass is 10.2. The van der Waals surface area contributed by atoms with E-state index in [0.717, 1.165) is 17.1 Å². The fourth-order valence-corrected chi connectivity index (χ4v) is 2.75. The number of ether oxygens (including phenoxy) is 2. The molecule has 29 heavy (non-hydrogen) atoms. The Bertz CT molecular complexity index is 926. The van der Waals surface area contributed by atoms with Crippen LogP contribution in [0.15, 0.2) is 46.0 Å². The molecular formula is C19H25IN6O3. The molecule has 1 aromatic carbocycles. The minimum absolute atomic E-state index is 0.